The number of hydrogen-bond acceptors (Lipinski definition) is 3. The maximum atomic E-state index is 11.8. The van der Waals surface area contributed by atoms with E-state index in [0.29, 0.717) is 17.9 Å². The molecule has 0 radical (unpaired) electrons. The number of ether oxygens (including phenoxy) is 1. The highest BCUT2D eigenvalue weighted by Crippen LogP contribution is 2.20. The first-order chi connectivity index (χ1) is 9.22. The Bertz CT molecular complexity index is 579. The molecule has 98 valence electrons. The van der Waals surface area contributed by atoms with E-state index in [-0.39, 0.29) is 5.97 Å². The number of benzene rings is 1. The van der Waals surface area contributed by atoms with E-state index in [1.807, 2.05) is 43.3 Å². The maximum absolute atomic E-state index is 11.8. The number of hydrogen-bond donors (Lipinski definition) is 0. The zero-order valence-corrected chi connectivity index (χ0v) is 11.1. The molecule has 0 unspecified atom stereocenters. The van der Waals surface area contributed by atoms with Crippen LogP contribution in [0.5, 0.6) is 0 Å². The van der Waals surface area contributed by atoms with E-state index < -0.39 is 0 Å². The summed E-state index contributed by atoms with van der Waals surface area (Å²) in [5.41, 5.74) is 2.33. The molecule has 0 saturated heterocycles. The van der Waals surface area contributed by atoms with Gasteiger partial charge in [0.25, 0.3) is 0 Å². The van der Waals surface area contributed by atoms with Crippen molar-refractivity contribution in [1.82, 2.24) is 0 Å². The van der Waals surface area contributed by atoms with Crippen LogP contribution in [0.4, 0.5) is 0 Å². The van der Waals surface area contributed by atoms with E-state index in [0.717, 1.165) is 11.1 Å². The van der Waals surface area contributed by atoms with Crippen LogP contribution in [-0.4, -0.2) is 12.6 Å². The Labute approximate surface area is 112 Å². The predicted molar refractivity (Wildman–Crippen MR) is 74.8 cm³/mol. The predicted octanol–water partition coefficient (Wildman–Crippen LogP) is 3.94. The Morgan fingerprint density at radius 3 is 2.68 bits per heavy atom. The molecule has 0 N–H and O–H groups in total. The molecule has 0 bridgehead atoms. The van der Waals surface area contributed by atoms with Crippen LogP contribution in [0.15, 0.2) is 41.0 Å². The molecule has 2 rings (SSSR count). The van der Waals surface area contributed by atoms with Crippen LogP contribution in [0.25, 0.3) is 12.2 Å². The van der Waals surface area contributed by atoms with E-state index in [1.165, 1.54) is 0 Å². The average molecular weight is 256 g/mol. The number of carbonyl (C=O) groups is 1. The van der Waals surface area contributed by atoms with Crippen LogP contribution in [-0.2, 0) is 4.74 Å². The van der Waals surface area contributed by atoms with Crippen molar-refractivity contribution in [3.8, 4) is 0 Å². The van der Waals surface area contributed by atoms with Gasteiger partial charge in [0.1, 0.15) is 11.3 Å². The maximum Gasteiger partial charge on any atom is 0.342 e. The number of carbonyl (C=O) groups excluding carboxylic acids is 1. The summed E-state index contributed by atoms with van der Waals surface area (Å²) in [6.07, 6.45) is 5.26. The molecule has 0 aliphatic carbocycles. The van der Waals surface area contributed by atoms with Gasteiger partial charge in [-0.25, -0.2) is 4.79 Å². The van der Waals surface area contributed by atoms with E-state index >= 15 is 0 Å². The summed E-state index contributed by atoms with van der Waals surface area (Å²) in [4.78, 5) is 11.8. The SMILES string of the molecule is CCOC(=O)c1c(C)coc1/C=C/c1ccccc1. The van der Waals surface area contributed by atoms with E-state index in [4.69, 9.17) is 9.15 Å². The molecule has 0 saturated carbocycles. The van der Waals surface area contributed by atoms with Crippen LogP contribution >= 0.6 is 0 Å². The fourth-order valence-electron chi connectivity index (χ4n) is 1.79. The van der Waals surface area contributed by atoms with E-state index in [2.05, 4.69) is 0 Å². The first-order valence-corrected chi connectivity index (χ1v) is 6.20. The Kier molecular flexibility index (Phi) is 4.18. The van der Waals surface area contributed by atoms with Crippen molar-refractivity contribution < 1.29 is 13.9 Å². The van der Waals surface area contributed by atoms with Crippen molar-refractivity contribution in [2.75, 3.05) is 6.61 Å². The van der Waals surface area contributed by atoms with Crippen molar-refractivity contribution in [1.29, 1.82) is 0 Å². The highest BCUT2D eigenvalue weighted by molar-refractivity contribution is 5.95. The fraction of sp³-hybridized carbons (Fsp3) is 0.188. The van der Waals surface area contributed by atoms with Gasteiger partial charge in [-0.2, -0.15) is 0 Å². The first kappa shape index (κ1) is 13.1. The van der Waals surface area contributed by atoms with Crippen LogP contribution in [0, 0.1) is 6.92 Å². The summed E-state index contributed by atoms with van der Waals surface area (Å²) in [6.45, 7) is 3.97. The molecular weight excluding hydrogens is 240 g/mol. The molecule has 0 aliphatic rings. The van der Waals surface area contributed by atoms with Crippen molar-refractivity contribution in [2.45, 2.75) is 13.8 Å². The lowest BCUT2D eigenvalue weighted by Gasteiger charge is -2.01. The van der Waals surface area contributed by atoms with Crippen LogP contribution < -0.4 is 0 Å². The second-order valence-electron chi connectivity index (χ2n) is 4.12. The fourth-order valence-corrected chi connectivity index (χ4v) is 1.79. The molecule has 2 aromatic rings. The monoisotopic (exact) mass is 256 g/mol. The second kappa shape index (κ2) is 6.05. The number of aryl methyl sites for hydroxylation is 1. The highest BCUT2D eigenvalue weighted by atomic mass is 16.5. The van der Waals surface area contributed by atoms with Gasteiger partial charge in [-0.1, -0.05) is 36.4 Å². The third kappa shape index (κ3) is 3.13. The second-order valence-corrected chi connectivity index (χ2v) is 4.12. The van der Waals surface area contributed by atoms with Crippen molar-refractivity contribution in [3.05, 3.63) is 59.0 Å². The molecule has 3 nitrogen and oxygen atoms in total. The molecular formula is C16H16O3. The normalized spacial score (nSPS) is 10.8. The molecule has 19 heavy (non-hydrogen) atoms. The van der Waals surface area contributed by atoms with E-state index in [9.17, 15) is 4.79 Å². The summed E-state index contributed by atoms with van der Waals surface area (Å²) in [5, 5.41) is 0. The molecule has 1 aromatic heterocycles. The van der Waals surface area contributed by atoms with Crippen molar-refractivity contribution >= 4 is 18.1 Å². The minimum atomic E-state index is -0.346. The average Bonchev–Trinajstić information content (AvgIpc) is 2.79. The summed E-state index contributed by atoms with van der Waals surface area (Å²) < 4.78 is 10.4. The van der Waals surface area contributed by atoms with E-state index in [1.54, 1.807) is 19.3 Å². The Balaban J connectivity index is 2.26. The molecule has 3 heteroatoms. The lowest BCUT2D eigenvalue weighted by molar-refractivity contribution is 0.0524. The van der Waals surface area contributed by atoms with Gasteiger partial charge in [-0.05, 0) is 25.5 Å². The van der Waals surface area contributed by atoms with Gasteiger partial charge in [0.05, 0.1) is 12.9 Å². The molecule has 0 spiro atoms. The molecule has 0 aliphatic heterocycles. The van der Waals surface area contributed by atoms with Gasteiger partial charge in [0, 0.05) is 5.56 Å². The summed E-state index contributed by atoms with van der Waals surface area (Å²) in [7, 11) is 0. The Hall–Kier alpha value is -2.29. The molecule has 0 fully saturated rings. The third-order valence-electron chi connectivity index (χ3n) is 2.71. The van der Waals surface area contributed by atoms with Gasteiger partial charge in [0.15, 0.2) is 0 Å². The zero-order chi connectivity index (χ0) is 13.7. The quantitative estimate of drug-likeness (QED) is 0.778. The minimum Gasteiger partial charge on any atom is -0.464 e. The summed E-state index contributed by atoms with van der Waals surface area (Å²) >= 11 is 0. The van der Waals surface area contributed by atoms with Gasteiger partial charge in [-0.3, -0.25) is 0 Å². The molecule has 0 amide bonds. The third-order valence-corrected chi connectivity index (χ3v) is 2.71. The number of esters is 1. The van der Waals surface area contributed by atoms with Gasteiger partial charge in [0.2, 0.25) is 0 Å². The van der Waals surface area contributed by atoms with Crippen LogP contribution in [0.3, 0.4) is 0 Å². The first-order valence-electron chi connectivity index (χ1n) is 6.20. The van der Waals surface area contributed by atoms with Gasteiger partial charge >= 0.3 is 5.97 Å². The summed E-state index contributed by atoms with van der Waals surface area (Å²) in [5.74, 6) is 0.182. The highest BCUT2D eigenvalue weighted by Gasteiger charge is 2.17. The zero-order valence-electron chi connectivity index (χ0n) is 11.1. The van der Waals surface area contributed by atoms with Crippen LogP contribution in [0.2, 0.25) is 0 Å². The molecule has 0 atom stereocenters. The molecule has 1 aromatic carbocycles. The van der Waals surface area contributed by atoms with Crippen molar-refractivity contribution in [3.63, 3.8) is 0 Å². The topological polar surface area (TPSA) is 39.4 Å². The lowest BCUT2D eigenvalue weighted by Crippen LogP contribution is -2.06. The minimum absolute atomic E-state index is 0.346. The van der Waals surface area contributed by atoms with Gasteiger partial charge in [-0.15, -0.1) is 0 Å². The summed E-state index contributed by atoms with van der Waals surface area (Å²) in [6, 6.07) is 9.84. The lowest BCUT2D eigenvalue weighted by atomic mass is 10.1. The largest absolute Gasteiger partial charge is 0.464 e. The number of rotatable bonds is 4. The Morgan fingerprint density at radius 1 is 1.26 bits per heavy atom. The van der Waals surface area contributed by atoms with Gasteiger partial charge < -0.3 is 9.15 Å². The smallest absolute Gasteiger partial charge is 0.342 e. The Morgan fingerprint density at radius 2 is 2.00 bits per heavy atom. The van der Waals surface area contributed by atoms with Crippen LogP contribution in [0.1, 0.15) is 34.2 Å². The number of furan rings is 1. The van der Waals surface area contributed by atoms with Crippen molar-refractivity contribution in [2.24, 2.45) is 0 Å². The molecule has 1 heterocycles. The standard InChI is InChI=1S/C16H16O3/c1-3-18-16(17)15-12(2)11-19-14(15)10-9-13-7-5-4-6-8-13/h4-11H,3H2,1-2H3/b10-9+.